The topological polar surface area (TPSA) is 35.6 Å². The number of anilines is 1. The van der Waals surface area contributed by atoms with Crippen LogP contribution in [0.3, 0.4) is 0 Å². The van der Waals surface area contributed by atoms with Gasteiger partial charge in [0.2, 0.25) is 5.91 Å². The van der Waals surface area contributed by atoms with E-state index in [-0.39, 0.29) is 17.9 Å². The number of likely N-dealkylation sites (N-methyl/N-ethyl adjacent to an activating group) is 1. The van der Waals surface area contributed by atoms with Crippen molar-refractivity contribution < 1.29 is 4.79 Å². The highest BCUT2D eigenvalue weighted by molar-refractivity contribution is 5.80. The molecular formula is C18H27N3O. The molecule has 1 fully saturated rings. The Bertz CT molecular complexity index is 551. The second-order valence-electron chi connectivity index (χ2n) is 6.91. The van der Waals surface area contributed by atoms with E-state index in [0.29, 0.717) is 6.54 Å². The third-order valence-corrected chi connectivity index (χ3v) is 4.88. The molecule has 1 atom stereocenters. The molecule has 1 unspecified atom stereocenters. The first-order valence-corrected chi connectivity index (χ1v) is 8.34. The number of carbonyl (C=O) groups is 1. The molecule has 3 rings (SSSR count). The summed E-state index contributed by atoms with van der Waals surface area (Å²) >= 11 is 0. The summed E-state index contributed by atoms with van der Waals surface area (Å²) in [7, 11) is 6.33. The SMILES string of the molecule is CN1CCCc2cc(C(CNC(=O)C3CC3)N(C)C)ccc21. The third-order valence-electron chi connectivity index (χ3n) is 4.88. The van der Waals surface area contributed by atoms with Gasteiger partial charge in [-0.05, 0) is 57.0 Å². The molecule has 4 heteroatoms. The number of amides is 1. The maximum atomic E-state index is 11.9. The van der Waals surface area contributed by atoms with Crippen LogP contribution >= 0.6 is 0 Å². The van der Waals surface area contributed by atoms with Crippen molar-refractivity contribution in [2.75, 3.05) is 39.1 Å². The average Bonchev–Trinajstić information content (AvgIpc) is 3.31. The number of aryl methyl sites for hydroxylation is 1. The van der Waals surface area contributed by atoms with E-state index < -0.39 is 0 Å². The zero-order valence-corrected chi connectivity index (χ0v) is 13.9. The highest BCUT2D eigenvalue weighted by Crippen LogP contribution is 2.31. The zero-order valence-electron chi connectivity index (χ0n) is 13.9. The first-order chi connectivity index (χ1) is 10.6. The van der Waals surface area contributed by atoms with Crippen molar-refractivity contribution in [3.8, 4) is 0 Å². The smallest absolute Gasteiger partial charge is 0.223 e. The molecule has 0 radical (unpaired) electrons. The number of fused-ring (bicyclic) bond motifs is 1. The average molecular weight is 301 g/mol. The molecule has 4 nitrogen and oxygen atoms in total. The normalized spacial score (nSPS) is 19.0. The molecule has 1 heterocycles. The minimum Gasteiger partial charge on any atom is -0.374 e. The molecule has 1 aliphatic heterocycles. The molecule has 1 aliphatic carbocycles. The quantitative estimate of drug-likeness (QED) is 0.905. The van der Waals surface area contributed by atoms with Gasteiger partial charge in [-0.3, -0.25) is 4.79 Å². The van der Waals surface area contributed by atoms with E-state index in [1.165, 1.54) is 23.2 Å². The van der Waals surface area contributed by atoms with Crippen LogP contribution in [0.15, 0.2) is 18.2 Å². The zero-order chi connectivity index (χ0) is 15.7. The summed E-state index contributed by atoms with van der Waals surface area (Å²) in [6.45, 7) is 1.83. The Balaban J connectivity index is 1.74. The molecule has 22 heavy (non-hydrogen) atoms. The summed E-state index contributed by atoms with van der Waals surface area (Å²) in [5, 5.41) is 3.12. The number of carbonyl (C=O) groups excluding carboxylic acids is 1. The van der Waals surface area contributed by atoms with Gasteiger partial charge < -0.3 is 15.1 Å². The minimum atomic E-state index is 0.226. The van der Waals surface area contributed by atoms with E-state index in [1.807, 2.05) is 0 Å². The van der Waals surface area contributed by atoms with E-state index in [1.54, 1.807) is 0 Å². The van der Waals surface area contributed by atoms with Crippen LogP contribution in [-0.4, -0.2) is 45.0 Å². The summed E-state index contributed by atoms with van der Waals surface area (Å²) < 4.78 is 0. The van der Waals surface area contributed by atoms with Gasteiger partial charge >= 0.3 is 0 Å². The largest absolute Gasteiger partial charge is 0.374 e. The second kappa shape index (κ2) is 6.29. The third kappa shape index (κ3) is 3.27. The fourth-order valence-corrected chi connectivity index (χ4v) is 3.30. The number of nitrogens with zero attached hydrogens (tertiary/aromatic N) is 2. The van der Waals surface area contributed by atoms with Crippen molar-refractivity contribution in [1.82, 2.24) is 10.2 Å². The Kier molecular flexibility index (Phi) is 4.39. The van der Waals surface area contributed by atoms with Crippen molar-refractivity contribution >= 4 is 11.6 Å². The number of hydrogen-bond donors (Lipinski definition) is 1. The molecule has 1 N–H and O–H groups in total. The Morgan fingerprint density at radius 1 is 1.41 bits per heavy atom. The van der Waals surface area contributed by atoms with Crippen molar-refractivity contribution in [2.24, 2.45) is 5.92 Å². The van der Waals surface area contributed by atoms with Gasteiger partial charge in [-0.25, -0.2) is 0 Å². The molecule has 0 saturated heterocycles. The van der Waals surface area contributed by atoms with Gasteiger partial charge in [-0.2, -0.15) is 0 Å². The van der Waals surface area contributed by atoms with E-state index >= 15 is 0 Å². The van der Waals surface area contributed by atoms with Gasteiger partial charge in [0.1, 0.15) is 0 Å². The Labute approximate surface area is 133 Å². The van der Waals surface area contributed by atoms with Crippen LogP contribution in [-0.2, 0) is 11.2 Å². The van der Waals surface area contributed by atoms with Crippen LogP contribution in [0.1, 0.15) is 36.4 Å². The van der Waals surface area contributed by atoms with Gasteiger partial charge in [-0.1, -0.05) is 12.1 Å². The van der Waals surface area contributed by atoms with Crippen LogP contribution in [0, 0.1) is 5.92 Å². The molecule has 1 amide bonds. The fraction of sp³-hybridized carbons (Fsp3) is 0.611. The second-order valence-corrected chi connectivity index (χ2v) is 6.91. The van der Waals surface area contributed by atoms with Crippen LogP contribution < -0.4 is 10.2 Å². The Morgan fingerprint density at radius 2 is 2.18 bits per heavy atom. The highest BCUT2D eigenvalue weighted by atomic mass is 16.2. The van der Waals surface area contributed by atoms with Gasteiger partial charge in [0, 0.05) is 31.7 Å². The lowest BCUT2D eigenvalue weighted by Crippen LogP contribution is -2.35. The standard InChI is InChI=1S/C18H27N3O/c1-20(2)17(12-19-18(22)13-6-7-13)15-8-9-16-14(11-15)5-4-10-21(16)3/h8-9,11,13,17H,4-7,10,12H2,1-3H3,(H,19,22). The predicted molar refractivity (Wildman–Crippen MR) is 90.2 cm³/mol. The molecule has 1 aromatic carbocycles. The van der Waals surface area contributed by atoms with Crippen LogP contribution in [0.2, 0.25) is 0 Å². The molecular weight excluding hydrogens is 274 g/mol. The summed E-state index contributed by atoms with van der Waals surface area (Å²) in [5.74, 6) is 0.504. The van der Waals surface area contributed by atoms with Crippen molar-refractivity contribution in [3.05, 3.63) is 29.3 Å². The maximum Gasteiger partial charge on any atom is 0.223 e. The van der Waals surface area contributed by atoms with Crippen LogP contribution in [0.5, 0.6) is 0 Å². The van der Waals surface area contributed by atoms with Gasteiger partial charge in [0.05, 0.1) is 6.04 Å². The van der Waals surface area contributed by atoms with E-state index in [2.05, 4.69) is 54.5 Å². The summed E-state index contributed by atoms with van der Waals surface area (Å²) in [4.78, 5) is 16.4. The molecule has 2 aliphatic rings. The lowest BCUT2D eigenvalue weighted by Gasteiger charge is -2.30. The predicted octanol–water partition coefficient (Wildman–Crippen LogP) is 2.20. The van der Waals surface area contributed by atoms with Gasteiger partial charge in [0.15, 0.2) is 0 Å². The number of rotatable bonds is 5. The van der Waals surface area contributed by atoms with Crippen molar-refractivity contribution in [3.63, 3.8) is 0 Å². The first-order valence-electron chi connectivity index (χ1n) is 8.34. The van der Waals surface area contributed by atoms with E-state index in [9.17, 15) is 4.79 Å². The Morgan fingerprint density at radius 3 is 2.86 bits per heavy atom. The van der Waals surface area contributed by atoms with Crippen LogP contribution in [0.25, 0.3) is 0 Å². The molecule has 0 spiro atoms. The fourth-order valence-electron chi connectivity index (χ4n) is 3.30. The summed E-state index contributed by atoms with van der Waals surface area (Å²) in [6.07, 6.45) is 4.49. The van der Waals surface area contributed by atoms with Crippen molar-refractivity contribution in [2.45, 2.75) is 31.7 Å². The van der Waals surface area contributed by atoms with Crippen LogP contribution in [0.4, 0.5) is 5.69 Å². The first kappa shape index (κ1) is 15.3. The molecule has 0 aromatic heterocycles. The molecule has 1 saturated carbocycles. The molecule has 1 aromatic rings. The highest BCUT2D eigenvalue weighted by Gasteiger charge is 2.30. The lowest BCUT2D eigenvalue weighted by molar-refractivity contribution is -0.122. The van der Waals surface area contributed by atoms with Gasteiger partial charge in [-0.15, -0.1) is 0 Å². The number of nitrogens with one attached hydrogen (secondary N) is 1. The monoisotopic (exact) mass is 301 g/mol. The van der Waals surface area contributed by atoms with Gasteiger partial charge in [0.25, 0.3) is 0 Å². The summed E-state index contributed by atoms with van der Waals surface area (Å²) in [5.41, 5.74) is 4.09. The summed E-state index contributed by atoms with van der Waals surface area (Å²) in [6, 6.07) is 7.02. The lowest BCUT2D eigenvalue weighted by atomic mass is 9.96. The number of hydrogen-bond acceptors (Lipinski definition) is 3. The molecule has 0 bridgehead atoms. The van der Waals surface area contributed by atoms with E-state index in [4.69, 9.17) is 0 Å². The van der Waals surface area contributed by atoms with Crippen molar-refractivity contribution in [1.29, 1.82) is 0 Å². The number of benzene rings is 1. The maximum absolute atomic E-state index is 11.9. The van der Waals surface area contributed by atoms with E-state index in [0.717, 1.165) is 25.8 Å². The molecule has 120 valence electrons. The Hall–Kier alpha value is -1.55. The minimum absolute atomic E-state index is 0.226.